The molecule has 0 fully saturated rings. The van der Waals surface area contributed by atoms with E-state index in [0.29, 0.717) is 23.6 Å². The number of aromatic nitrogens is 1. The molecule has 0 aromatic carbocycles. The number of carbonyl (C=O) groups is 1. The lowest BCUT2D eigenvalue weighted by atomic mass is 10.1. The van der Waals surface area contributed by atoms with Crippen molar-refractivity contribution in [3.63, 3.8) is 0 Å². The molecule has 0 radical (unpaired) electrons. The zero-order valence-corrected chi connectivity index (χ0v) is 12.5. The number of hydrogen-bond acceptors (Lipinski definition) is 4. The maximum atomic E-state index is 12.1. The first-order valence-corrected chi connectivity index (χ1v) is 7.24. The van der Waals surface area contributed by atoms with Gasteiger partial charge in [0.05, 0.1) is 8.66 Å². The molecule has 4 nitrogen and oxygen atoms in total. The minimum absolute atomic E-state index is 0.130. The van der Waals surface area contributed by atoms with Crippen molar-refractivity contribution >= 4 is 33.2 Å². The Hall–Kier alpha value is -1.14. The van der Waals surface area contributed by atoms with Gasteiger partial charge in [0, 0.05) is 6.54 Å². The molecule has 0 saturated heterocycles. The average molecular weight is 329 g/mol. The largest absolute Gasteiger partial charge is 0.360 e. The van der Waals surface area contributed by atoms with Crippen LogP contribution in [0.4, 0.5) is 0 Å². The van der Waals surface area contributed by atoms with Gasteiger partial charge in [-0.2, -0.15) is 0 Å². The van der Waals surface area contributed by atoms with Crippen molar-refractivity contribution < 1.29 is 9.32 Å². The van der Waals surface area contributed by atoms with Gasteiger partial charge in [-0.15, -0.1) is 11.3 Å². The number of carbonyl (C=O) groups excluding carboxylic acids is 1. The molecule has 2 heterocycles. The van der Waals surface area contributed by atoms with Gasteiger partial charge >= 0.3 is 0 Å². The third-order valence-corrected chi connectivity index (χ3v) is 4.06. The fourth-order valence-electron chi connectivity index (χ4n) is 1.58. The number of amides is 1. The maximum absolute atomic E-state index is 12.1. The van der Waals surface area contributed by atoms with E-state index in [1.54, 1.807) is 6.92 Å². The number of halogens is 1. The summed E-state index contributed by atoms with van der Waals surface area (Å²) >= 11 is 4.92. The van der Waals surface area contributed by atoms with Crippen LogP contribution in [-0.4, -0.2) is 17.6 Å². The molecule has 1 amide bonds. The third kappa shape index (κ3) is 2.64. The van der Waals surface area contributed by atoms with Crippen LogP contribution in [0.15, 0.2) is 20.4 Å². The lowest BCUT2D eigenvalue weighted by Crippen LogP contribution is -2.24. The summed E-state index contributed by atoms with van der Waals surface area (Å²) in [6, 6.07) is 3.85. The molecule has 1 N–H and O–H groups in total. The highest BCUT2D eigenvalue weighted by molar-refractivity contribution is 9.11. The van der Waals surface area contributed by atoms with Crippen LogP contribution in [0.25, 0.3) is 10.6 Å². The molecule has 0 bridgehead atoms. The van der Waals surface area contributed by atoms with Crippen molar-refractivity contribution in [1.29, 1.82) is 0 Å². The van der Waals surface area contributed by atoms with Gasteiger partial charge in [0.2, 0.25) is 0 Å². The van der Waals surface area contributed by atoms with Gasteiger partial charge in [-0.05, 0) is 41.4 Å². The van der Waals surface area contributed by atoms with Crippen molar-refractivity contribution in [2.75, 3.05) is 6.54 Å². The van der Waals surface area contributed by atoms with Gasteiger partial charge in [0.25, 0.3) is 5.91 Å². The van der Waals surface area contributed by atoms with Gasteiger partial charge in [0.15, 0.2) is 0 Å². The van der Waals surface area contributed by atoms with Crippen LogP contribution in [0.1, 0.15) is 29.5 Å². The molecule has 0 aliphatic carbocycles. The predicted molar refractivity (Wildman–Crippen MR) is 74.9 cm³/mol. The summed E-state index contributed by atoms with van der Waals surface area (Å²) in [5.74, 6) is 0.415. The smallest absolute Gasteiger partial charge is 0.257 e. The third-order valence-electron chi connectivity index (χ3n) is 2.43. The normalized spacial score (nSPS) is 10.6. The molecular formula is C12H13BrN2O2S. The van der Waals surface area contributed by atoms with Crippen LogP contribution in [-0.2, 0) is 0 Å². The molecule has 96 valence electrons. The van der Waals surface area contributed by atoms with Crippen molar-refractivity contribution in [2.45, 2.75) is 20.3 Å². The summed E-state index contributed by atoms with van der Waals surface area (Å²) < 4.78 is 6.14. The number of aryl methyl sites for hydroxylation is 1. The van der Waals surface area contributed by atoms with E-state index in [1.807, 2.05) is 19.1 Å². The minimum atomic E-state index is -0.130. The Morgan fingerprint density at radius 2 is 2.33 bits per heavy atom. The van der Waals surface area contributed by atoms with E-state index in [1.165, 1.54) is 11.3 Å². The van der Waals surface area contributed by atoms with Crippen molar-refractivity contribution in [1.82, 2.24) is 10.5 Å². The Labute approximate surface area is 117 Å². The first-order valence-electron chi connectivity index (χ1n) is 5.63. The summed E-state index contributed by atoms with van der Waals surface area (Å²) in [6.07, 6.45) is 0.899. The van der Waals surface area contributed by atoms with Gasteiger partial charge in [0.1, 0.15) is 17.0 Å². The van der Waals surface area contributed by atoms with Crippen molar-refractivity contribution in [3.05, 3.63) is 27.2 Å². The zero-order valence-electron chi connectivity index (χ0n) is 10.1. The maximum Gasteiger partial charge on any atom is 0.257 e. The Kier molecular flexibility index (Phi) is 4.19. The molecule has 0 aliphatic rings. The second-order valence-electron chi connectivity index (χ2n) is 3.82. The van der Waals surface area contributed by atoms with Gasteiger partial charge < -0.3 is 9.84 Å². The van der Waals surface area contributed by atoms with E-state index < -0.39 is 0 Å². The van der Waals surface area contributed by atoms with E-state index >= 15 is 0 Å². The van der Waals surface area contributed by atoms with Crippen molar-refractivity contribution in [3.8, 4) is 10.6 Å². The van der Waals surface area contributed by atoms with Gasteiger partial charge in [-0.25, -0.2) is 0 Å². The molecule has 6 heteroatoms. The number of thiophene rings is 1. The minimum Gasteiger partial charge on any atom is -0.360 e. The van der Waals surface area contributed by atoms with Crippen molar-refractivity contribution in [2.24, 2.45) is 0 Å². The molecular weight excluding hydrogens is 316 g/mol. The molecule has 0 aliphatic heterocycles. The molecule has 2 aromatic rings. The van der Waals surface area contributed by atoms with Gasteiger partial charge in [-0.3, -0.25) is 4.79 Å². The average Bonchev–Trinajstić information content (AvgIpc) is 2.92. The van der Waals surface area contributed by atoms with E-state index in [4.69, 9.17) is 4.52 Å². The van der Waals surface area contributed by atoms with E-state index in [0.717, 1.165) is 15.1 Å². The summed E-state index contributed by atoms with van der Waals surface area (Å²) in [6.45, 7) is 4.41. The Bertz CT molecular complexity index is 562. The van der Waals surface area contributed by atoms with E-state index in [-0.39, 0.29) is 5.91 Å². The lowest BCUT2D eigenvalue weighted by molar-refractivity contribution is 0.0952. The van der Waals surface area contributed by atoms with Crippen LogP contribution in [0.2, 0.25) is 0 Å². The topological polar surface area (TPSA) is 55.1 Å². The highest BCUT2D eigenvalue weighted by Gasteiger charge is 2.22. The quantitative estimate of drug-likeness (QED) is 0.932. The van der Waals surface area contributed by atoms with E-state index in [2.05, 4.69) is 26.4 Å². The number of nitrogens with one attached hydrogen (secondary N) is 1. The standard InChI is InChI=1S/C12H13BrN2O2S/c1-3-6-14-12(16)10-7(2)17-15-11(10)8-4-5-9(13)18-8/h4-5H,3,6H2,1-2H3,(H,14,16). The van der Waals surface area contributed by atoms with Crippen LogP contribution in [0, 0.1) is 6.92 Å². The molecule has 0 unspecified atom stereocenters. The number of nitrogens with zero attached hydrogens (tertiary/aromatic N) is 1. The van der Waals surface area contributed by atoms with Gasteiger partial charge in [-0.1, -0.05) is 12.1 Å². The van der Waals surface area contributed by atoms with Crippen LogP contribution in [0.3, 0.4) is 0 Å². The molecule has 2 aromatic heterocycles. The summed E-state index contributed by atoms with van der Waals surface area (Å²) in [7, 11) is 0. The first-order chi connectivity index (χ1) is 8.63. The monoisotopic (exact) mass is 328 g/mol. The highest BCUT2D eigenvalue weighted by Crippen LogP contribution is 2.33. The summed E-state index contributed by atoms with van der Waals surface area (Å²) in [5, 5.41) is 6.83. The molecule has 0 atom stereocenters. The van der Waals surface area contributed by atoms with Crippen LogP contribution >= 0.6 is 27.3 Å². The summed E-state index contributed by atoms with van der Waals surface area (Å²) in [5.41, 5.74) is 1.13. The molecule has 2 rings (SSSR count). The molecule has 0 spiro atoms. The predicted octanol–water partition coefficient (Wildman–Crippen LogP) is 3.61. The Morgan fingerprint density at radius 1 is 1.56 bits per heavy atom. The molecule has 0 saturated carbocycles. The fourth-order valence-corrected chi connectivity index (χ4v) is 2.95. The lowest BCUT2D eigenvalue weighted by Gasteiger charge is -2.02. The van der Waals surface area contributed by atoms with E-state index in [9.17, 15) is 4.79 Å². The SMILES string of the molecule is CCCNC(=O)c1c(-c2ccc(Br)s2)noc1C. The zero-order chi connectivity index (χ0) is 13.1. The number of rotatable bonds is 4. The van der Waals surface area contributed by atoms with Crippen LogP contribution in [0.5, 0.6) is 0 Å². The second kappa shape index (κ2) is 5.67. The van der Waals surface area contributed by atoms with Crippen LogP contribution < -0.4 is 5.32 Å². The second-order valence-corrected chi connectivity index (χ2v) is 6.29. The Morgan fingerprint density at radius 3 is 2.94 bits per heavy atom. The fraction of sp³-hybridized carbons (Fsp3) is 0.333. The molecule has 18 heavy (non-hydrogen) atoms. The first kappa shape index (κ1) is 13.3. The number of hydrogen-bond donors (Lipinski definition) is 1. The highest BCUT2D eigenvalue weighted by atomic mass is 79.9. The Balaban J connectivity index is 2.35. The summed E-state index contributed by atoms with van der Waals surface area (Å²) in [4.78, 5) is 13.0.